The van der Waals surface area contributed by atoms with Gasteiger partial charge in [-0.2, -0.15) is 0 Å². The van der Waals surface area contributed by atoms with Crippen LogP contribution in [0.5, 0.6) is 0 Å². The van der Waals surface area contributed by atoms with Crippen LogP contribution in [0, 0.1) is 6.92 Å². The third kappa shape index (κ3) is 0.848. The fraction of sp³-hybridized carbons (Fsp3) is 0.300. The highest BCUT2D eigenvalue weighted by molar-refractivity contribution is 5.52. The molecule has 3 heteroatoms. The van der Waals surface area contributed by atoms with E-state index < -0.39 is 0 Å². The topological polar surface area (TPSA) is 29.3 Å². The van der Waals surface area contributed by atoms with Crippen molar-refractivity contribution in [3.05, 3.63) is 35.4 Å². The van der Waals surface area contributed by atoms with E-state index in [1.54, 1.807) is 0 Å². The van der Waals surface area contributed by atoms with Crippen LogP contribution in [0.15, 0.2) is 18.6 Å². The van der Waals surface area contributed by atoms with E-state index in [-0.39, 0.29) is 0 Å². The Morgan fingerprint density at radius 3 is 3.31 bits per heavy atom. The highest BCUT2D eigenvalue weighted by Crippen LogP contribution is 2.21. The quantitative estimate of drug-likeness (QED) is 0.649. The predicted molar refractivity (Wildman–Crippen MR) is 50.5 cm³/mol. The molecule has 0 radical (unpaired) electrons. The van der Waals surface area contributed by atoms with Gasteiger partial charge in [0.1, 0.15) is 0 Å². The second-order valence-corrected chi connectivity index (χ2v) is 3.54. The predicted octanol–water partition coefficient (Wildman–Crippen LogP) is 1.25. The number of imidazole rings is 1. The van der Waals surface area contributed by atoms with Crippen LogP contribution >= 0.6 is 0 Å². The lowest BCUT2D eigenvalue weighted by Crippen LogP contribution is -2.01. The molecule has 3 nitrogen and oxygen atoms in total. The number of hydrogen-bond donors (Lipinski definition) is 1. The van der Waals surface area contributed by atoms with Gasteiger partial charge in [-0.25, -0.2) is 4.98 Å². The normalized spacial score (nSPS) is 15.2. The summed E-state index contributed by atoms with van der Waals surface area (Å²) in [5, 5.41) is 3.36. The van der Waals surface area contributed by atoms with Gasteiger partial charge in [0.25, 0.3) is 0 Å². The molecule has 3 rings (SSSR count). The molecule has 0 aromatic carbocycles. The van der Waals surface area contributed by atoms with Crippen LogP contribution in [-0.2, 0) is 13.1 Å². The zero-order chi connectivity index (χ0) is 8.84. The summed E-state index contributed by atoms with van der Waals surface area (Å²) in [7, 11) is 0. The maximum atomic E-state index is 4.16. The van der Waals surface area contributed by atoms with Crippen molar-refractivity contribution in [1.82, 2.24) is 14.7 Å². The summed E-state index contributed by atoms with van der Waals surface area (Å²) < 4.78 is 2.17. The molecule has 0 atom stereocenters. The minimum atomic E-state index is 0.962. The lowest BCUT2D eigenvalue weighted by atomic mass is 10.1. The first kappa shape index (κ1) is 7.09. The second-order valence-electron chi connectivity index (χ2n) is 3.54. The number of hydrogen-bond acceptors (Lipinski definition) is 2. The summed E-state index contributed by atoms with van der Waals surface area (Å²) in [5.41, 5.74) is 5.37. The fourth-order valence-corrected chi connectivity index (χ4v) is 2.06. The monoisotopic (exact) mass is 173 g/mol. The number of aromatic nitrogens is 2. The van der Waals surface area contributed by atoms with Crippen molar-refractivity contribution < 1.29 is 0 Å². The van der Waals surface area contributed by atoms with E-state index in [2.05, 4.69) is 27.7 Å². The maximum absolute atomic E-state index is 4.16. The average Bonchev–Trinajstić information content (AvgIpc) is 2.66. The van der Waals surface area contributed by atoms with Crippen molar-refractivity contribution in [3.8, 4) is 0 Å². The molecule has 0 amide bonds. The zero-order valence-electron chi connectivity index (χ0n) is 7.54. The molecule has 0 saturated carbocycles. The number of rotatable bonds is 0. The van der Waals surface area contributed by atoms with Crippen LogP contribution in [-0.4, -0.2) is 9.38 Å². The van der Waals surface area contributed by atoms with Crippen LogP contribution in [0.1, 0.15) is 16.8 Å². The van der Waals surface area contributed by atoms with E-state index in [4.69, 9.17) is 0 Å². The van der Waals surface area contributed by atoms with Gasteiger partial charge >= 0.3 is 0 Å². The van der Waals surface area contributed by atoms with Crippen molar-refractivity contribution in [2.75, 3.05) is 0 Å². The zero-order valence-corrected chi connectivity index (χ0v) is 7.54. The third-order valence-corrected chi connectivity index (χ3v) is 2.74. The van der Waals surface area contributed by atoms with Gasteiger partial charge in [-0.05, 0) is 24.1 Å². The first-order valence-corrected chi connectivity index (χ1v) is 4.50. The fourth-order valence-electron chi connectivity index (χ4n) is 2.06. The first-order valence-electron chi connectivity index (χ1n) is 4.50. The molecule has 2 aromatic rings. The van der Waals surface area contributed by atoms with Gasteiger partial charge in [-0.1, -0.05) is 0 Å². The highest BCUT2D eigenvalue weighted by Gasteiger charge is 2.15. The Bertz CT molecular complexity index is 470. The van der Waals surface area contributed by atoms with Crippen molar-refractivity contribution in [3.63, 3.8) is 0 Å². The molecule has 3 heterocycles. The van der Waals surface area contributed by atoms with E-state index >= 15 is 0 Å². The van der Waals surface area contributed by atoms with E-state index in [0.717, 1.165) is 13.1 Å². The molecule has 2 aromatic heterocycles. The Labute approximate surface area is 76.4 Å². The lowest BCUT2D eigenvalue weighted by Gasteiger charge is -2.05. The van der Waals surface area contributed by atoms with Crippen LogP contribution in [0.4, 0.5) is 0 Å². The number of nitrogens with zero attached hydrogens (tertiary/aromatic N) is 2. The van der Waals surface area contributed by atoms with Gasteiger partial charge in [0, 0.05) is 18.8 Å². The summed E-state index contributed by atoms with van der Waals surface area (Å²) in [6, 6.07) is 2.19. The summed E-state index contributed by atoms with van der Waals surface area (Å²) in [6.07, 6.45) is 3.80. The van der Waals surface area contributed by atoms with Gasteiger partial charge in [-0.15, -0.1) is 0 Å². The summed E-state index contributed by atoms with van der Waals surface area (Å²) in [5.74, 6) is 0. The first-order chi connectivity index (χ1) is 6.36. The second kappa shape index (κ2) is 2.33. The van der Waals surface area contributed by atoms with Crippen molar-refractivity contribution in [2.24, 2.45) is 0 Å². The molecule has 1 aliphatic heterocycles. The highest BCUT2D eigenvalue weighted by atomic mass is 15.0. The Balaban J connectivity index is 2.48. The largest absolute Gasteiger partial charge is 0.307 e. The van der Waals surface area contributed by atoms with Gasteiger partial charge in [0.2, 0.25) is 0 Å². The molecule has 13 heavy (non-hydrogen) atoms. The molecule has 0 unspecified atom stereocenters. The average molecular weight is 173 g/mol. The van der Waals surface area contributed by atoms with E-state index in [1.807, 2.05) is 12.5 Å². The molecule has 0 aliphatic carbocycles. The molecule has 0 bridgehead atoms. The van der Waals surface area contributed by atoms with Crippen molar-refractivity contribution >= 4 is 5.52 Å². The van der Waals surface area contributed by atoms with Crippen LogP contribution in [0.3, 0.4) is 0 Å². The van der Waals surface area contributed by atoms with E-state index in [1.165, 1.54) is 22.3 Å². The Hall–Kier alpha value is -1.35. The molecule has 0 saturated heterocycles. The minimum absolute atomic E-state index is 0.962. The standard InChI is InChI=1S/C10H11N3/c1-7-2-8-3-12-6-13(8)10-5-11-4-9(7)10/h2-3,6,11H,4-5H2,1H3. The van der Waals surface area contributed by atoms with Crippen LogP contribution in [0.2, 0.25) is 0 Å². The summed E-state index contributed by atoms with van der Waals surface area (Å²) >= 11 is 0. The van der Waals surface area contributed by atoms with Crippen LogP contribution in [0.25, 0.3) is 5.52 Å². The molecule has 66 valence electrons. The van der Waals surface area contributed by atoms with E-state index in [9.17, 15) is 0 Å². The minimum Gasteiger partial charge on any atom is -0.307 e. The number of fused-ring (bicyclic) bond motifs is 3. The number of aryl methyl sites for hydroxylation is 1. The van der Waals surface area contributed by atoms with Crippen molar-refractivity contribution in [1.29, 1.82) is 0 Å². The van der Waals surface area contributed by atoms with Gasteiger partial charge < -0.3 is 9.72 Å². The Morgan fingerprint density at radius 2 is 2.38 bits per heavy atom. The molecule has 0 spiro atoms. The van der Waals surface area contributed by atoms with Gasteiger partial charge in [-0.3, -0.25) is 0 Å². The lowest BCUT2D eigenvalue weighted by molar-refractivity contribution is 0.752. The van der Waals surface area contributed by atoms with Gasteiger partial charge in [0.05, 0.1) is 18.0 Å². The van der Waals surface area contributed by atoms with E-state index in [0.29, 0.717) is 0 Å². The molecule has 1 N–H and O–H groups in total. The molecular formula is C10H11N3. The SMILES string of the molecule is Cc1cc2cncn2c2c1CNC2. The van der Waals surface area contributed by atoms with Crippen LogP contribution < -0.4 is 5.32 Å². The Kier molecular flexibility index (Phi) is 1.27. The third-order valence-electron chi connectivity index (χ3n) is 2.74. The van der Waals surface area contributed by atoms with Crippen molar-refractivity contribution in [2.45, 2.75) is 20.0 Å². The summed E-state index contributed by atoms with van der Waals surface area (Å²) in [6.45, 7) is 4.12. The number of pyridine rings is 1. The molecule has 1 aliphatic rings. The maximum Gasteiger partial charge on any atom is 0.0994 e. The number of nitrogens with one attached hydrogen (secondary N) is 1. The molecular weight excluding hydrogens is 162 g/mol. The van der Waals surface area contributed by atoms with Gasteiger partial charge in [0.15, 0.2) is 0 Å². The molecule has 0 fully saturated rings. The smallest absolute Gasteiger partial charge is 0.0994 e. The Morgan fingerprint density at radius 1 is 1.46 bits per heavy atom. The summed E-state index contributed by atoms with van der Waals surface area (Å²) in [4.78, 5) is 4.16.